The minimum Gasteiger partial charge on any atom is -0.371 e. The van der Waals surface area contributed by atoms with Gasteiger partial charge in [-0.25, -0.2) is 8.78 Å². The first-order valence-electron chi connectivity index (χ1n) is 15.5. The maximum atomic E-state index is 13.5. The minimum atomic E-state index is -2.99. The Kier molecular flexibility index (Phi) is 8.62. The highest BCUT2D eigenvalue weighted by atomic mass is 19.3. The Hall–Kier alpha value is -4.27. The molecule has 13 nitrogen and oxygen atoms in total. The van der Waals surface area contributed by atoms with Gasteiger partial charge in [0.05, 0.1) is 27.8 Å². The number of amides is 4. The quantitative estimate of drug-likeness (QED) is 0.250. The van der Waals surface area contributed by atoms with Gasteiger partial charge < -0.3 is 9.80 Å². The summed E-state index contributed by atoms with van der Waals surface area (Å²) < 4.78 is 27.7. The second kappa shape index (κ2) is 12.6. The third-order valence-corrected chi connectivity index (χ3v) is 9.56. The third kappa shape index (κ3) is 6.04. The van der Waals surface area contributed by atoms with Crippen LogP contribution in [0.15, 0.2) is 24.4 Å². The number of alkyl halides is 2. The van der Waals surface area contributed by atoms with E-state index < -0.39 is 52.4 Å². The van der Waals surface area contributed by atoms with Gasteiger partial charge in [0.25, 0.3) is 18.2 Å². The van der Waals surface area contributed by atoms with E-state index in [1.165, 1.54) is 4.68 Å². The summed E-state index contributed by atoms with van der Waals surface area (Å²) in [6, 6.07) is 4.07. The highest BCUT2D eigenvalue weighted by molar-refractivity contribution is 6.25. The molecule has 1 atom stereocenters. The number of benzene rings is 1. The summed E-state index contributed by atoms with van der Waals surface area (Å²) in [4.78, 5) is 66.5. The van der Waals surface area contributed by atoms with Gasteiger partial charge in [0.2, 0.25) is 17.5 Å². The summed E-state index contributed by atoms with van der Waals surface area (Å²) in [5, 5.41) is 17.2. The van der Waals surface area contributed by atoms with E-state index in [0.717, 1.165) is 69.5 Å². The fourth-order valence-corrected chi connectivity index (χ4v) is 7.11. The zero-order chi connectivity index (χ0) is 31.8. The van der Waals surface area contributed by atoms with Crippen molar-refractivity contribution in [1.82, 2.24) is 24.9 Å². The summed E-state index contributed by atoms with van der Waals surface area (Å²) in [5.41, 5.74) is -0.105. The second-order valence-corrected chi connectivity index (χ2v) is 12.2. The Balaban J connectivity index is 0.977. The topological polar surface area (TPSA) is 151 Å². The molecule has 5 heterocycles. The lowest BCUT2D eigenvalue weighted by molar-refractivity contribution is -0.386. The number of piperidine rings is 3. The Morgan fingerprint density at radius 2 is 1.73 bits per heavy atom. The first-order chi connectivity index (χ1) is 21.6. The zero-order valence-corrected chi connectivity index (χ0v) is 24.7. The van der Waals surface area contributed by atoms with Gasteiger partial charge in [0.1, 0.15) is 12.2 Å². The van der Waals surface area contributed by atoms with Gasteiger partial charge in [-0.05, 0) is 69.5 Å². The number of nitrogens with zero attached hydrogens (tertiary/aromatic N) is 6. The van der Waals surface area contributed by atoms with Crippen molar-refractivity contribution in [3.63, 3.8) is 0 Å². The van der Waals surface area contributed by atoms with E-state index in [-0.39, 0.29) is 24.4 Å². The molecule has 4 amide bonds. The molecule has 3 saturated heterocycles. The van der Waals surface area contributed by atoms with Crippen molar-refractivity contribution in [1.29, 1.82) is 0 Å². The fourth-order valence-electron chi connectivity index (χ4n) is 7.11. The van der Waals surface area contributed by atoms with Gasteiger partial charge in [-0.3, -0.25) is 44.2 Å². The van der Waals surface area contributed by atoms with Crippen LogP contribution in [-0.2, 0) is 9.59 Å². The average molecular weight is 628 g/mol. The maximum Gasteiger partial charge on any atom is 0.316 e. The van der Waals surface area contributed by atoms with Crippen molar-refractivity contribution in [2.24, 2.45) is 5.92 Å². The largest absolute Gasteiger partial charge is 0.371 e. The number of hydrogen-bond donors (Lipinski definition) is 1. The Labute approximate surface area is 257 Å². The number of imide groups is 2. The molecule has 1 N–H and O–H groups in total. The predicted octanol–water partition coefficient (Wildman–Crippen LogP) is 3.46. The molecule has 45 heavy (non-hydrogen) atoms. The zero-order valence-electron chi connectivity index (χ0n) is 24.7. The van der Waals surface area contributed by atoms with Gasteiger partial charge in [-0.2, -0.15) is 5.10 Å². The normalized spacial score (nSPS) is 22.0. The van der Waals surface area contributed by atoms with Crippen LogP contribution in [0.3, 0.4) is 0 Å². The molecule has 0 saturated carbocycles. The van der Waals surface area contributed by atoms with Crippen LogP contribution in [0.25, 0.3) is 0 Å². The molecule has 4 aliphatic rings. The average Bonchev–Trinajstić information content (AvgIpc) is 3.59. The van der Waals surface area contributed by atoms with Crippen molar-refractivity contribution in [2.75, 3.05) is 37.6 Å². The lowest BCUT2D eigenvalue weighted by atomic mass is 9.91. The van der Waals surface area contributed by atoms with Crippen molar-refractivity contribution in [3.8, 4) is 0 Å². The summed E-state index contributed by atoms with van der Waals surface area (Å²) in [6.45, 7) is 3.92. The van der Waals surface area contributed by atoms with Crippen molar-refractivity contribution < 1.29 is 32.9 Å². The van der Waals surface area contributed by atoms with E-state index in [4.69, 9.17) is 0 Å². The first kappa shape index (κ1) is 30.7. The molecular weight excluding hydrogens is 592 g/mol. The number of nitrogens with one attached hydrogen (secondary N) is 1. The van der Waals surface area contributed by atoms with Gasteiger partial charge in [-0.1, -0.05) is 6.07 Å². The Bertz CT molecular complexity index is 1510. The highest BCUT2D eigenvalue weighted by Crippen LogP contribution is 2.37. The number of fused-ring (bicyclic) bond motifs is 1. The predicted molar refractivity (Wildman–Crippen MR) is 156 cm³/mol. The Morgan fingerprint density at radius 3 is 2.38 bits per heavy atom. The molecule has 1 unspecified atom stereocenters. The Morgan fingerprint density at radius 1 is 1.00 bits per heavy atom. The van der Waals surface area contributed by atoms with E-state index in [9.17, 15) is 38.1 Å². The molecule has 2 aromatic rings. The molecule has 0 bridgehead atoms. The number of aromatic nitrogens is 2. The molecule has 4 aliphatic heterocycles. The van der Waals surface area contributed by atoms with Crippen molar-refractivity contribution in [2.45, 2.75) is 69.9 Å². The van der Waals surface area contributed by atoms with E-state index in [0.29, 0.717) is 30.0 Å². The molecule has 1 aromatic carbocycles. The fraction of sp³-hybridized carbons (Fsp3) is 0.567. The van der Waals surface area contributed by atoms with Crippen LogP contribution in [-0.4, -0.2) is 86.9 Å². The monoisotopic (exact) mass is 627 g/mol. The van der Waals surface area contributed by atoms with Gasteiger partial charge in [0.15, 0.2) is 0 Å². The van der Waals surface area contributed by atoms with Crippen molar-refractivity contribution in [3.05, 3.63) is 51.3 Å². The molecule has 0 spiro atoms. The SMILES string of the molecule is O=C1CCC(N2C(=O)c3cccc(N4CCC(CCCN5CCC(n6cc([N+](=O)[O-])c(C(F)F)n6)CC5)CC4)c3C2=O)C(=O)N1. The van der Waals surface area contributed by atoms with Gasteiger partial charge in [-0.15, -0.1) is 0 Å². The molecule has 0 aliphatic carbocycles. The summed E-state index contributed by atoms with van der Waals surface area (Å²) in [5.74, 6) is -1.51. The molecule has 6 rings (SSSR count). The van der Waals surface area contributed by atoms with Crippen LogP contribution in [0.1, 0.15) is 90.2 Å². The lowest BCUT2D eigenvalue weighted by Crippen LogP contribution is -2.54. The van der Waals surface area contributed by atoms with E-state index in [1.54, 1.807) is 12.1 Å². The smallest absolute Gasteiger partial charge is 0.316 e. The number of anilines is 1. The van der Waals surface area contributed by atoms with Crippen LogP contribution in [0.4, 0.5) is 20.2 Å². The minimum absolute atomic E-state index is 0.0742. The number of likely N-dealkylation sites (tertiary alicyclic amines) is 1. The number of nitro groups is 1. The lowest BCUT2D eigenvalue weighted by Gasteiger charge is -2.35. The number of rotatable bonds is 9. The summed E-state index contributed by atoms with van der Waals surface area (Å²) in [6.07, 6.45) is 3.63. The molecule has 3 fully saturated rings. The van der Waals surface area contributed by atoms with Crippen LogP contribution >= 0.6 is 0 Å². The first-order valence-corrected chi connectivity index (χ1v) is 15.5. The van der Waals surface area contributed by atoms with E-state index >= 15 is 0 Å². The van der Waals surface area contributed by atoms with Crippen LogP contribution in [0.2, 0.25) is 0 Å². The highest BCUT2D eigenvalue weighted by Gasteiger charge is 2.46. The van der Waals surface area contributed by atoms with E-state index in [1.807, 2.05) is 6.07 Å². The van der Waals surface area contributed by atoms with Crippen LogP contribution < -0.4 is 10.2 Å². The maximum absolute atomic E-state index is 13.5. The molecular formula is C30H35F2N7O6. The number of halogens is 2. The molecule has 1 aromatic heterocycles. The summed E-state index contributed by atoms with van der Waals surface area (Å²) >= 11 is 0. The van der Waals surface area contributed by atoms with Crippen LogP contribution in [0.5, 0.6) is 0 Å². The number of carbonyl (C=O) groups is 4. The van der Waals surface area contributed by atoms with Crippen molar-refractivity contribution >= 4 is 35.0 Å². The summed E-state index contributed by atoms with van der Waals surface area (Å²) in [7, 11) is 0. The standard InChI is InChI=1S/C30H35F2N7O6/c31-27(32)26-23(39(44)45)17-37(34-26)19-10-13-35(14-11-19)12-2-3-18-8-15-36(16-9-18)21-5-1-4-20-25(21)30(43)38(29(20)42)22-6-7-24(40)33-28(22)41/h1,4-5,17-19,22,27H,2-3,6-16H2,(H,33,40,41). The third-order valence-electron chi connectivity index (χ3n) is 9.56. The van der Waals surface area contributed by atoms with Gasteiger partial charge >= 0.3 is 5.69 Å². The molecule has 0 radical (unpaired) electrons. The molecule has 15 heteroatoms. The second-order valence-electron chi connectivity index (χ2n) is 12.2. The number of carbonyl (C=O) groups excluding carboxylic acids is 4. The van der Waals surface area contributed by atoms with Gasteiger partial charge in [0, 0.05) is 32.6 Å². The van der Waals surface area contributed by atoms with E-state index in [2.05, 4.69) is 20.2 Å². The van der Waals surface area contributed by atoms with Crippen LogP contribution in [0, 0.1) is 16.0 Å². The molecule has 240 valence electrons. The number of hydrogen-bond acceptors (Lipinski definition) is 9.